The molecule has 0 saturated heterocycles. The van der Waals surface area contributed by atoms with E-state index in [9.17, 15) is 4.79 Å². The van der Waals surface area contributed by atoms with E-state index in [1.165, 1.54) is 11.9 Å². The number of H-pyrrole nitrogens is 1. The number of carbonyl (C=O) groups excluding carboxylic acids is 1. The summed E-state index contributed by atoms with van der Waals surface area (Å²) in [5.74, 6) is 0.862. The Bertz CT molecular complexity index is 1100. The first-order valence-electron chi connectivity index (χ1n) is 9.63. The van der Waals surface area contributed by atoms with E-state index in [1.807, 2.05) is 72.8 Å². The molecule has 4 rings (SSSR count). The van der Waals surface area contributed by atoms with Crippen LogP contribution in [-0.2, 0) is 13.0 Å². The minimum Gasteiger partial charge on any atom is -0.342 e. The summed E-state index contributed by atoms with van der Waals surface area (Å²) in [7, 11) is 0. The highest BCUT2D eigenvalue weighted by Gasteiger charge is 2.16. The molecule has 152 valence electrons. The third-order valence-electron chi connectivity index (χ3n) is 4.65. The van der Waals surface area contributed by atoms with Crippen LogP contribution in [-0.4, -0.2) is 27.4 Å². The monoisotopic (exact) mass is 436 g/mol. The molecule has 0 aliphatic carbocycles. The summed E-state index contributed by atoms with van der Waals surface area (Å²) in [4.78, 5) is 23.5. The van der Waals surface area contributed by atoms with Crippen molar-refractivity contribution in [1.82, 2.24) is 19.6 Å². The summed E-state index contributed by atoms with van der Waals surface area (Å²) in [5.41, 5.74) is 3.00. The largest absolute Gasteiger partial charge is 0.342 e. The molecule has 3 aromatic carbocycles. The molecule has 1 aromatic heterocycles. The molecule has 0 aliphatic heterocycles. The highest BCUT2D eigenvalue weighted by atomic mass is 35.5. The number of fused-ring (bicyclic) bond motifs is 1. The molecule has 0 saturated carbocycles. The zero-order valence-corrected chi connectivity index (χ0v) is 17.8. The van der Waals surface area contributed by atoms with Crippen molar-refractivity contribution in [3.63, 3.8) is 0 Å². The Morgan fingerprint density at radius 1 is 1.00 bits per heavy atom. The molecule has 1 heterocycles. The van der Waals surface area contributed by atoms with Gasteiger partial charge in [0.1, 0.15) is 5.82 Å². The van der Waals surface area contributed by atoms with Crippen molar-refractivity contribution < 1.29 is 4.79 Å². The highest BCUT2D eigenvalue weighted by Crippen LogP contribution is 2.24. The maximum atomic E-state index is 12.9. The van der Waals surface area contributed by atoms with Crippen LogP contribution in [0.4, 0.5) is 4.79 Å². The van der Waals surface area contributed by atoms with Gasteiger partial charge in [-0.15, -0.1) is 0 Å². The van der Waals surface area contributed by atoms with Crippen LogP contribution in [0.3, 0.4) is 0 Å². The third-order valence-corrected chi connectivity index (χ3v) is 5.94. The summed E-state index contributed by atoms with van der Waals surface area (Å²) in [6.07, 6.45) is 0.631. The Morgan fingerprint density at radius 2 is 1.73 bits per heavy atom. The van der Waals surface area contributed by atoms with Crippen molar-refractivity contribution in [2.24, 2.45) is 0 Å². The number of aromatic amines is 1. The molecule has 5 nitrogen and oxygen atoms in total. The molecule has 0 atom stereocenters. The topological polar surface area (TPSA) is 61.0 Å². The van der Waals surface area contributed by atoms with E-state index in [-0.39, 0.29) is 6.03 Å². The summed E-state index contributed by atoms with van der Waals surface area (Å²) in [6.45, 7) is 1.04. The fourth-order valence-corrected chi connectivity index (χ4v) is 4.00. The van der Waals surface area contributed by atoms with Crippen LogP contribution in [0.5, 0.6) is 0 Å². The number of rotatable bonds is 7. The molecule has 0 radical (unpaired) electrons. The number of urea groups is 1. The molecule has 0 spiro atoms. The summed E-state index contributed by atoms with van der Waals surface area (Å²) in [5, 5.41) is 0.611. The lowest BCUT2D eigenvalue weighted by Gasteiger charge is -2.22. The van der Waals surface area contributed by atoms with E-state index in [1.54, 1.807) is 11.0 Å². The molecule has 2 N–H and O–H groups in total. The van der Waals surface area contributed by atoms with Crippen molar-refractivity contribution in [2.45, 2.75) is 17.9 Å². The van der Waals surface area contributed by atoms with Crippen molar-refractivity contribution >= 4 is 40.6 Å². The zero-order chi connectivity index (χ0) is 20.8. The van der Waals surface area contributed by atoms with Crippen molar-refractivity contribution in [2.75, 3.05) is 6.54 Å². The van der Waals surface area contributed by atoms with Crippen LogP contribution >= 0.6 is 23.5 Å². The van der Waals surface area contributed by atoms with E-state index in [2.05, 4.69) is 14.7 Å². The fourth-order valence-electron chi connectivity index (χ4n) is 3.11. The molecule has 0 unspecified atom stereocenters. The molecule has 30 heavy (non-hydrogen) atoms. The van der Waals surface area contributed by atoms with Gasteiger partial charge in [0.25, 0.3) is 0 Å². The summed E-state index contributed by atoms with van der Waals surface area (Å²) in [6, 6.07) is 25.1. The van der Waals surface area contributed by atoms with Crippen LogP contribution < -0.4 is 4.72 Å². The van der Waals surface area contributed by atoms with Gasteiger partial charge in [0, 0.05) is 24.4 Å². The van der Waals surface area contributed by atoms with E-state index in [4.69, 9.17) is 11.6 Å². The van der Waals surface area contributed by atoms with Crippen LogP contribution in [0.25, 0.3) is 11.0 Å². The fraction of sp³-hybridized carbons (Fsp3) is 0.130. The van der Waals surface area contributed by atoms with Gasteiger partial charge in [-0.3, -0.25) is 4.72 Å². The van der Waals surface area contributed by atoms with Crippen LogP contribution in [0, 0.1) is 0 Å². The molecule has 0 aliphatic rings. The number of hydrogen-bond acceptors (Lipinski definition) is 3. The number of para-hydroxylation sites is 2. The average molecular weight is 437 g/mol. The minimum absolute atomic E-state index is 0.167. The first-order chi connectivity index (χ1) is 14.7. The second-order valence-corrected chi connectivity index (χ2v) is 8.05. The number of imidazole rings is 1. The Hall–Kier alpha value is -2.96. The summed E-state index contributed by atoms with van der Waals surface area (Å²) >= 11 is 7.42. The quantitative estimate of drug-likeness (QED) is 0.366. The number of halogens is 1. The molecule has 0 fully saturated rings. The lowest BCUT2D eigenvalue weighted by molar-refractivity contribution is 0.202. The molecule has 4 aromatic rings. The Kier molecular flexibility index (Phi) is 6.57. The SMILES string of the molecule is O=C(NSc1ccccc1Cl)N(CCc1nc2ccccc2[nH]1)Cc1ccccc1. The smallest absolute Gasteiger partial charge is 0.327 e. The number of benzene rings is 3. The second-order valence-electron chi connectivity index (χ2n) is 6.80. The van der Waals surface area contributed by atoms with E-state index >= 15 is 0 Å². The standard InChI is InChI=1S/C23H21ClN4OS/c24-18-10-4-7-13-21(18)30-27-23(29)28(16-17-8-2-1-3-9-17)15-14-22-25-19-11-5-6-12-20(19)26-22/h1-13H,14-16H2,(H,25,26)(H,27,29). The van der Waals surface area contributed by atoms with Gasteiger partial charge >= 0.3 is 6.03 Å². The predicted octanol–water partition coefficient (Wildman–Crippen LogP) is 5.68. The van der Waals surface area contributed by atoms with Gasteiger partial charge in [0.05, 0.1) is 16.1 Å². The summed E-state index contributed by atoms with van der Waals surface area (Å²) < 4.78 is 2.91. The van der Waals surface area contributed by atoms with E-state index < -0.39 is 0 Å². The normalized spacial score (nSPS) is 10.8. The van der Waals surface area contributed by atoms with Gasteiger partial charge in [0.15, 0.2) is 0 Å². The zero-order valence-electron chi connectivity index (χ0n) is 16.2. The second kappa shape index (κ2) is 9.69. The number of nitrogens with one attached hydrogen (secondary N) is 2. The number of nitrogens with zero attached hydrogens (tertiary/aromatic N) is 2. The minimum atomic E-state index is -0.167. The molecule has 2 amide bonds. The lowest BCUT2D eigenvalue weighted by Crippen LogP contribution is -2.38. The van der Waals surface area contributed by atoms with Crippen LogP contribution in [0.15, 0.2) is 83.8 Å². The number of aromatic nitrogens is 2. The van der Waals surface area contributed by atoms with Crippen molar-refractivity contribution in [1.29, 1.82) is 0 Å². The first kappa shape index (κ1) is 20.3. The van der Waals surface area contributed by atoms with Gasteiger partial charge in [0.2, 0.25) is 0 Å². The number of hydrogen-bond donors (Lipinski definition) is 2. The van der Waals surface area contributed by atoms with Gasteiger partial charge in [-0.05, 0) is 41.8 Å². The number of amides is 2. The maximum absolute atomic E-state index is 12.9. The van der Waals surface area contributed by atoms with Crippen molar-refractivity contribution in [3.8, 4) is 0 Å². The molecular weight excluding hydrogens is 416 g/mol. The van der Waals surface area contributed by atoms with Gasteiger partial charge in [-0.25, -0.2) is 9.78 Å². The van der Waals surface area contributed by atoms with E-state index in [0.29, 0.717) is 24.5 Å². The highest BCUT2D eigenvalue weighted by molar-refractivity contribution is 7.98. The van der Waals surface area contributed by atoms with Crippen molar-refractivity contribution in [3.05, 3.63) is 95.3 Å². The van der Waals surface area contributed by atoms with Gasteiger partial charge in [-0.2, -0.15) is 0 Å². The maximum Gasteiger partial charge on any atom is 0.327 e. The van der Waals surface area contributed by atoms with E-state index in [0.717, 1.165) is 27.3 Å². The van der Waals surface area contributed by atoms with Crippen LogP contribution in [0.1, 0.15) is 11.4 Å². The first-order valence-corrected chi connectivity index (χ1v) is 10.8. The third kappa shape index (κ3) is 5.14. The molecular formula is C23H21ClN4OS. The average Bonchev–Trinajstić information content (AvgIpc) is 3.19. The molecule has 0 bridgehead atoms. The van der Waals surface area contributed by atoms with Gasteiger partial charge in [-0.1, -0.05) is 66.2 Å². The molecule has 7 heteroatoms. The Morgan fingerprint density at radius 3 is 2.53 bits per heavy atom. The lowest BCUT2D eigenvalue weighted by atomic mass is 10.2. The predicted molar refractivity (Wildman–Crippen MR) is 122 cm³/mol. The number of carbonyl (C=O) groups is 1. The Balaban J connectivity index is 1.45. The Labute approximate surface area is 184 Å². The van der Waals surface area contributed by atoms with Crippen LogP contribution in [0.2, 0.25) is 5.02 Å². The van der Waals surface area contributed by atoms with Gasteiger partial charge < -0.3 is 9.88 Å².